The maximum absolute atomic E-state index is 14.4. The third-order valence-electron chi connectivity index (χ3n) is 8.04. The number of ether oxygens (including phenoxy) is 2. The number of aliphatic hydroxyl groups is 1. The van der Waals surface area contributed by atoms with Gasteiger partial charge in [-0.15, -0.1) is 0 Å². The van der Waals surface area contributed by atoms with Gasteiger partial charge in [0.1, 0.15) is 0 Å². The molecule has 4 heterocycles. The van der Waals surface area contributed by atoms with E-state index in [4.69, 9.17) is 14.5 Å². The van der Waals surface area contributed by atoms with Gasteiger partial charge in [-0.25, -0.2) is 14.2 Å². The Morgan fingerprint density at radius 3 is 2.65 bits per heavy atom. The van der Waals surface area contributed by atoms with Crippen molar-refractivity contribution < 1.29 is 28.9 Å². The van der Waals surface area contributed by atoms with E-state index >= 15 is 0 Å². The Balaban J connectivity index is 1.61. The number of hydrogen-bond acceptors (Lipinski definition) is 6. The number of H-pyrrole nitrogens is 1. The predicted molar refractivity (Wildman–Crippen MR) is 134 cm³/mol. The van der Waals surface area contributed by atoms with Crippen molar-refractivity contribution in [2.24, 2.45) is 0 Å². The van der Waals surface area contributed by atoms with Crippen LogP contribution in [0.5, 0.6) is 5.75 Å². The Hall–Kier alpha value is -3.50. The lowest BCUT2D eigenvalue weighted by Crippen LogP contribution is -2.41. The van der Waals surface area contributed by atoms with Gasteiger partial charge in [-0.3, -0.25) is 5.10 Å². The van der Waals surface area contributed by atoms with Crippen molar-refractivity contribution in [3.63, 3.8) is 0 Å². The number of pyridine rings is 1. The summed E-state index contributed by atoms with van der Waals surface area (Å²) in [7, 11) is 1.45. The topological polar surface area (TPSA) is 122 Å². The number of carboxylic acids is 1. The Labute approximate surface area is 212 Å². The fourth-order valence-electron chi connectivity index (χ4n) is 6.05. The van der Waals surface area contributed by atoms with E-state index in [0.717, 1.165) is 46.2 Å². The fourth-order valence-corrected chi connectivity index (χ4v) is 6.05. The molecule has 0 unspecified atom stereocenters. The van der Waals surface area contributed by atoms with E-state index in [1.165, 1.54) is 13.2 Å². The van der Waals surface area contributed by atoms with Crippen LogP contribution in [0.1, 0.15) is 61.6 Å². The molecule has 9 nitrogen and oxygen atoms in total. The third-order valence-corrected chi connectivity index (χ3v) is 8.04. The van der Waals surface area contributed by atoms with Gasteiger partial charge in [0.15, 0.2) is 22.8 Å². The van der Waals surface area contributed by atoms with Gasteiger partial charge in [-0.05, 0) is 62.6 Å². The maximum Gasteiger partial charge on any atom is 0.335 e. The highest BCUT2D eigenvalue weighted by Crippen LogP contribution is 2.47. The normalized spacial score (nSPS) is 23.1. The lowest BCUT2D eigenvalue weighted by atomic mass is 9.74. The van der Waals surface area contributed by atoms with Crippen LogP contribution in [-0.4, -0.2) is 61.9 Å². The molecule has 1 saturated heterocycles. The number of nitrogens with one attached hydrogen (secondary N) is 1. The van der Waals surface area contributed by atoms with Crippen molar-refractivity contribution in [2.45, 2.75) is 56.0 Å². The first-order chi connectivity index (χ1) is 17.9. The monoisotopic (exact) mass is 508 g/mol. The van der Waals surface area contributed by atoms with Crippen molar-refractivity contribution in [3.05, 3.63) is 47.5 Å². The lowest BCUT2D eigenvalue weighted by Gasteiger charge is -2.34. The zero-order valence-corrected chi connectivity index (χ0v) is 20.5. The van der Waals surface area contributed by atoms with E-state index < -0.39 is 17.4 Å². The van der Waals surface area contributed by atoms with Crippen LogP contribution in [-0.2, 0) is 9.53 Å². The van der Waals surface area contributed by atoms with Crippen molar-refractivity contribution in [2.75, 3.05) is 20.3 Å². The summed E-state index contributed by atoms with van der Waals surface area (Å²) in [4.78, 5) is 16.7. The van der Waals surface area contributed by atoms with Gasteiger partial charge >= 0.3 is 5.97 Å². The molecule has 0 bridgehead atoms. The number of fused-ring (bicyclic) bond motifs is 2. The highest BCUT2D eigenvalue weighted by molar-refractivity contribution is 5.94. The van der Waals surface area contributed by atoms with Gasteiger partial charge < -0.3 is 24.3 Å². The van der Waals surface area contributed by atoms with Crippen LogP contribution in [0, 0.1) is 5.82 Å². The van der Waals surface area contributed by atoms with Crippen LogP contribution in [0.4, 0.5) is 4.39 Å². The Morgan fingerprint density at radius 2 is 1.95 bits per heavy atom. The Kier molecular flexibility index (Phi) is 5.88. The summed E-state index contributed by atoms with van der Waals surface area (Å²) in [5, 5.41) is 28.2. The van der Waals surface area contributed by atoms with Crippen LogP contribution < -0.4 is 4.74 Å². The quantitative estimate of drug-likeness (QED) is 0.365. The van der Waals surface area contributed by atoms with E-state index in [1.54, 1.807) is 18.3 Å². The second-order valence-corrected chi connectivity index (χ2v) is 10.1. The van der Waals surface area contributed by atoms with Crippen LogP contribution >= 0.6 is 0 Å². The molecule has 6 rings (SSSR count). The zero-order valence-electron chi connectivity index (χ0n) is 20.5. The molecule has 1 aromatic carbocycles. The summed E-state index contributed by atoms with van der Waals surface area (Å²) in [6.07, 6.45) is 4.76. The molecule has 37 heavy (non-hydrogen) atoms. The van der Waals surface area contributed by atoms with Gasteiger partial charge in [0.25, 0.3) is 0 Å². The van der Waals surface area contributed by atoms with E-state index in [9.17, 15) is 19.4 Å². The SMILES string of the molecule is COc1cc(-n2c(C3CCOCC3)c(C3CCC(O)(C(=O)O)CC3)c3nc4[nH]ncc4cc32)ccc1F. The molecule has 4 aromatic rings. The van der Waals surface area contributed by atoms with Gasteiger partial charge in [0.2, 0.25) is 0 Å². The van der Waals surface area contributed by atoms with Crippen molar-refractivity contribution in [1.29, 1.82) is 0 Å². The summed E-state index contributed by atoms with van der Waals surface area (Å²) in [5.74, 6) is -1.28. The fraction of sp³-hybridized carbons (Fsp3) is 0.444. The molecule has 3 aromatic heterocycles. The number of rotatable bonds is 5. The number of nitrogens with zero attached hydrogens (tertiary/aromatic N) is 3. The number of aromatic amines is 1. The van der Waals surface area contributed by atoms with Crippen LogP contribution in [0.2, 0.25) is 0 Å². The molecular formula is C27H29FN4O5. The van der Waals surface area contributed by atoms with Gasteiger partial charge in [-0.2, -0.15) is 5.10 Å². The standard InChI is InChI=1S/C27H29FN4O5/c1-36-21-13-18(2-3-19(21)28)32-20-12-17-14-29-31-25(17)30-23(20)22(24(32)16-6-10-37-11-7-16)15-4-8-27(35,9-5-15)26(33)34/h2-3,12-16,35H,4-11H2,1H3,(H,33,34)(H,29,30,31). The van der Waals surface area contributed by atoms with E-state index in [2.05, 4.69) is 14.8 Å². The largest absolute Gasteiger partial charge is 0.494 e. The highest BCUT2D eigenvalue weighted by Gasteiger charge is 2.42. The number of hydrogen-bond donors (Lipinski definition) is 3. The predicted octanol–water partition coefficient (Wildman–Crippen LogP) is 4.42. The molecule has 3 N–H and O–H groups in total. The molecule has 0 spiro atoms. The minimum absolute atomic E-state index is 0.0106. The summed E-state index contributed by atoms with van der Waals surface area (Å²) < 4.78 is 27.5. The number of halogens is 1. The summed E-state index contributed by atoms with van der Waals surface area (Å²) in [6.45, 7) is 1.28. The maximum atomic E-state index is 14.4. The van der Waals surface area contributed by atoms with Crippen LogP contribution in [0.25, 0.3) is 27.8 Å². The zero-order chi connectivity index (χ0) is 25.7. The second-order valence-electron chi connectivity index (χ2n) is 10.1. The molecule has 0 amide bonds. The number of carboxylic acid groups (broad SMARTS) is 1. The molecule has 2 aliphatic rings. The molecule has 0 atom stereocenters. The van der Waals surface area contributed by atoms with Gasteiger partial charge in [-0.1, -0.05) is 0 Å². The summed E-state index contributed by atoms with van der Waals surface area (Å²) >= 11 is 0. The highest BCUT2D eigenvalue weighted by atomic mass is 19.1. The number of aliphatic carboxylic acids is 1. The Morgan fingerprint density at radius 1 is 1.19 bits per heavy atom. The summed E-state index contributed by atoms with van der Waals surface area (Å²) in [6, 6.07) is 6.89. The molecule has 1 aliphatic carbocycles. The molecular weight excluding hydrogens is 479 g/mol. The second kappa shape index (κ2) is 9.11. The Bertz CT molecular complexity index is 1480. The number of carbonyl (C=O) groups is 1. The average Bonchev–Trinajstić information content (AvgIpc) is 3.50. The van der Waals surface area contributed by atoms with E-state index in [0.29, 0.717) is 31.7 Å². The molecule has 194 valence electrons. The van der Waals surface area contributed by atoms with Gasteiger partial charge in [0, 0.05) is 47.5 Å². The number of methoxy groups -OCH3 is 1. The van der Waals surface area contributed by atoms with Crippen molar-refractivity contribution in [1.82, 2.24) is 19.7 Å². The number of benzene rings is 1. The van der Waals surface area contributed by atoms with Gasteiger partial charge in [0.05, 0.1) is 24.3 Å². The molecule has 1 aliphatic heterocycles. The van der Waals surface area contributed by atoms with E-state index in [1.807, 2.05) is 6.07 Å². The van der Waals surface area contributed by atoms with E-state index in [-0.39, 0.29) is 30.4 Å². The molecule has 2 fully saturated rings. The first kappa shape index (κ1) is 23.9. The minimum Gasteiger partial charge on any atom is -0.494 e. The average molecular weight is 509 g/mol. The minimum atomic E-state index is -1.71. The third kappa shape index (κ3) is 3.95. The van der Waals surface area contributed by atoms with Crippen molar-refractivity contribution in [3.8, 4) is 11.4 Å². The number of aromatic nitrogens is 4. The first-order valence-corrected chi connectivity index (χ1v) is 12.7. The summed E-state index contributed by atoms with van der Waals surface area (Å²) in [5.41, 5.74) is 3.56. The lowest BCUT2D eigenvalue weighted by molar-refractivity contribution is -0.162. The smallest absolute Gasteiger partial charge is 0.335 e. The molecule has 1 saturated carbocycles. The molecule has 0 radical (unpaired) electrons. The van der Waals surface area contributed by atoms with Crippen LogP contribution in [0.15, 0.2) is 30.5 Å². The first-order valence-electron chi connectivity index (χ1n) is 12.7. The molecule has 10 heteroatoms. The van der Waals surface area contributed by atoms with Crippen molar-refractivity contribution >= 4 is 28.0 Å². The van der Waals surface area contributed by atoms with Crippen LogP contribution in [0.3, 0.4) is 0 Å².